The lowest BCUT2D eigenvalue weighted by Gasteiger charge is -2.15. The van der Waals surface area contributed by atoms with Crippen LogP contribution in [0.3, 0.4) is 0 Å². The molecule has 0 fully saturated rings. The minimum Gasteiger partial charge on any atom is -0.354 e. The fraction of sp³-hybridized carbons (Fsp3) is 0.227. The monoisotopic (exact) mass is 360 g/mol. The zero-order chi connectivity index (χ0) is 19.1. The van der Waals surface area contributed by atoms with E-state index in [1.807, 2.05) is 24.3 Å². The molecular formula is C22H24N4O. The van der Waals surface area contributed by atoms with Gasteiger partial charge in [-0.3, -0.25) is 9.78 Å². The van der Waals surface area contributed by atoms with Crippen LogP contribution in [0.4, 0.5) is 11.4 Å². The molecule has 2 heterocycles. The van der Waals surface area contributed by atoms with Gasteiger partial charge in [-0.15, -0.1) is 0 Å². The van der Waals surface area contributed by atoms with E-state index in [9.17, 15) is 4.79 Å². The van der Waals surface area contributed by atoms with Crippen molar-refractivity contribution in [2.75, 3.05) is 5.32 Å². The summed E-state index contributed by atoms with van der Waals surface area (Å²) >= 11 is 0. The average molecular weight is 360 g/mol. The molecule has 5 nitrogen and oxygen atoms in total. The van der Waals surface area contributed by atoms with Crippen molar-refractivity contribution >= 4 is 17.3 Å². The van der Waals surface area contributed by atoms with Crippen LogP contribution in [0, 0.1) is 0 Å². The molecule has 0 saturated heterocycles. The maximum Gasteiger partial charge on any atom is 0.270 e. The van der Waals surface area contributed by atoms with E-state index in [4.69, 9.17) is 0 Å². The zero-order valence-corrected chi connectivity index (χ0v) is 15.7. The van der Waals surface area contributed by atoms with Gasteiger partial charge in [0.25, 0.3) is 5.91 Å². The summed E-state index contributed by atoms with van der Waals surface area (Å²) in [7, 11) is 0. The van der Waals surface area contributed by atoms with Crippen LogP contribution >= 0.6 is 0 Å². The van der Waals surface area contributed by atoms with Crippen molar-refractivity contribution < 1.29 is 4.79 Å². The van der Waals surface area contributed by atoms with Gasteiger partial charge in [0.1, 0.15) is 5.69 Å². The summed E-state index contributed by atoms with van der Waals surface area (Å²) in [6.07, 6.45) is 5.32. The van der Waals surface area contributed by atoms with Gasteiger partial charge >= 0.3 is 0 Å². The molecule has 0 bridgehead atoms. The van der Waals surface area contributed by atoms with Crippen molar-refractivity contribution in [3.05, 3.63) is 83.4 Å². The molecule has 0 spiro atoms. The number of rotatable bonds is 7. The number of nitrogens with zero attached hydrogens (tertiary/aromatic N) is 2. The first-order valence-electron chi connectivity index (χ1n) is 9.23. The van der Waals surface area contributed by atoms with Crippen molar-refractivity contribution in [1.82, 2.24) is 15.3 Å². The van der Waals surface area contributed by atoms with Gasteiger partial charge in [-0.1, -0.05) is 38.1 Å². The van der Waals surface area contributed by atoms with E-state index in [2.05, 4.69) is 52.6 Å². The van der Waals surface area contributed by atoms with Gasteiger partial charge in [-0.05, 0) is 48.2 Å². The Morgan fingerprint density at radius 1 is 0.926 bits per heavy atom. The van der Waals surface area contributed by atoms with E-state index in [1.165, 1.54) is 11.1 Å². The summed E-state index contributed by atoms with van der Waals surface area (Å²) in [6, 6.07) is 15.6. The predicted molar refractivity (Wildman–Crippen MR) is 108 cm³/mol. The van der Waals surface area contributed by atoms with Crippen LogP contribution in [-0.2, 0) is 19.4 Å². The van der Waals surface area contributed by atoms with Gasteiger partial charge < -0.3 is 10.6 Å². The fourth-order valence-corrected chi connectivity index (χ4v) is 2.91. The predicted octanol–water partition coefficient (Wildman–Crippen LogP) is 4.28. The largest absolute Gasteiger partial charge is 0.354 e. The Balaban J connectivity index is 1.68. The summed E-state index contributed by atoms with van der Waals surface area (Å²) in [5, 5.41) is 6.30. The number of nitrogens with one attached hydrogen (secondary N) is 2. The molecule has 3 rings (SSSR count). The van der Waals surface area contributed by atoms with E-state index in [0.717, 1.165) is 29.9 Å². The average Bonchev–Trinajstić information content (AvgIpc) is 2.73. The summed E-state index contributed by atoms with van der Waals surface area (Å²) in [4.78, 5) is 20.8. The van der Waals surface area contributed by atoms with Crippen molar-refractivity contribution in [2.45, 2.75) is 33.2 Å². The van der Waals surface area contributed by atoms with Crippen LogP contribution in [0.25, 0.3) is 0 Å². The molecule has 1 aromatic carbocycles. The molecule has 0 aliphatic heterocycles. The molecular weight excluding hydrogens is 336 g/mol. The molecule has 3 aromatic rings. The molecule has 0 unspecified atom stereocenters. The van der Waals surface area contributed by atoms with Crippen LogP contribution in [0.5, 0.6) is 0 Å². The first-order chi connectivity index (χ1) is 13.2. The molecule has 1 amide bonds. The third kappa shape index (κ3) is 4.70. The lowest BCUT2D eigenvalue weighted by atomic mass is 10.0. The molecule has 27 heavy (non-hydrogen) atoms. The molecule has 0 saturated carbocycles. The SMILES string of the molecule is CCc1cccc(CC)c1Nc1ccc(C(=O)NCc2ccccn2)nc1. The molecule has 0 radical (unpaired) electrons. The standard InChI is InChI=1S/C22H24N4O/c1-3-16-8-7-9-17(4-2)21(16)26-19-11-12-20(24-15-19)22(27)25-14-18-10-5-6-13-23-18/h5-13,15,26H,3-4,14H2,1-2H3,(H,25,27). The van der Waals surface area contributed by atoms with Crippen molar-refractivity contribution in [2.24, 2.45) is 0 Å². The Morgan fingerprint density at radius 2 is 1.70 bits per heavy atom. The third-order valence-corrected chi connectivity index (χ3v) is 4.42. The van der Waals surface area contributed by atoms with E-state index >= 15 is 0 Å². The van der Waals surface area contributed by atoms with Gasteiger partial charge in [0.2, 0.25) is 0 Å². The van der Waals surface area contributed by atoms with E-state index < -0.39 is 0 Å². The van der Waals surface area contributed by atoms with Gasteiger partial charge in [0.05, 0.1) is 24.1 Å². The van der Waals surface area contributed by atoms with Crippen molar-refractivity contribution in [3.8, 4) is 0 Å². The Labute approximate surface area is 159 Å². The summed E-state index contributed by atoms with van der Waals surface area (Å²) in [5.74, 6) is -0.213. The summed E-state index contributed by atoms with van der Waals surface area (Å²) in [6.45, 7) is 4.67. The molecule has 0 atom stereocenters. The lowest BCUT2D eigenvalue weighted by molar-refractivity contribution is 0.0945. The van der Waals surface area contributed by atoms with Crippen molar-refractivity contribution in [3.63, 3.8) is 0 Å². The quantitative estimate of drug-likeness (QED) is 0.660. The summed E-state index contributed by atoms with van der Waals surface area (Å²) in [5.41, 5.74) is 5.74. The maximum absolute atomic E-state index is 12.3. The maximum atomic E-state index is 12.3. The Morgan fingerprint density at radius 3 is 2.30 bits per heavy atom. The number of pyridine rings is 2. The van der Waals surface area contributed by atoms with E-state index in [1.54, 1.807) is 18.5 Å². The lowest BCUT2D eigenvalue weighted by Crippen LogP contribution is -2.24. The van der Waals surface area contributed by atoms with Crippen molar-refractivity contribution in [1.29, 1.82) is 0 Å². The number of aromatic nitrogens is 2. The first-order valence-corrected chi connectivity index (χ1v) is 9.23. The summed E-state index contributed by atoms with van der Waals surface area (Å²) < 4.78 is 0. The van der Waals surface area contributed by atoms with Crippen LogP contribution in [-0.4, -0.2) is 15.9 Å². The number of aryl methyl sites for hydroxylation is 2. The normalized spacial score (nSPS) is 10.4. The van der Waals surface area contributed by atoms with E-state index in [0.29, 0.717) is 12.2 Å². The Kier molecular flexibility index (Phi) is 6.15. The number of benzene rings is 1. The highest BCUT2D eigenvalue weighted by molar-refractivity contribution is 5.92. The third-order valence-electron chi connectivity index (χ3n) is 4.42. The second kappa shape index (κ2) is 8.94. The number of hydrogen-bond donors (Lipinski definition) is 2. The first kappa shape index (κ1) is 18.6. The molecule has 0 aliphatic carbocycles. The topological polar surface area (TPSA) is 66.9 Å². The zero-order valence-electron chi connectivity index (χ0n) is 15.7. The van der Waals surface area contributed by atoms with Gasteiger partial charge in [-0.2, -0.15) is 0 Å². The molecule has 0 aliphatic rings. The number of carbonyl (C=O) groups excluding carboxylic acids is 1. The second-order valence-electron chi connectivity index (χ2n) is 6.22. The Hall–Kier alpha value is -3.21. The number of carbonyl (C=O) groups is 1. The molecule has 138 valence electrons. The number of hydrogen-bond acceptors (Lipinski definition) is 4. The highest BCUT2D eigenvalue weighted by Crippen LogP contribution is 2.26. The second-order valence-corrected chi connectivity index (χ2v) is 6.22. The van der Waals surface area contributed by atoms with Gasteiger partial charge in [0.15, 0.2) is 0 Å². The smallest absolute Gasteiger partial charge is 0.270 e. The minimum absolute atomic E-state index is 0.213. The molecule has 5 heteroatoms. The number of amides is 1. The highest BCUT2D eigenvalue weighted by Gasteiger charge is 2.09. The van der Waals surface area contributed by atoms with Gasteiger partial charge in [0, 0.05) is 11.9 Å². The van der Waals surface area contributed by atoms with Gasteiger partial charge in [-0.25, -0.2) is 4.98 Å². The number of para-hydroxylation sites is 1. The highest BCUT2D eigenvalue weighted by atomic mass is 16.1. The van der Waals surface area contributed by atoms with Crippen LogP contribution in [0.15, 0.2) is 60.9 Å². The molecule has 2 N–H and O–H groups in total. The minimum atomic E-state index is -0.213. The molecule has 2 aromatic heterocycles. The van der Waals surface area contributed by atoms with Crippen LogP contribution in [0.1, 0.15) is 41.2 Å². The van der Waals surface area contributed by atoms with Crippen LogP contribution in [0.2, 0.25) is 0 Å². The fourth-order valence-electron chi connectivity index (χ4n) is 2.91. The Bertz CT molecular complexity index is 870. The number of anilines is 2. The van der Waals surface area contributed by atoms with E-state index in [-0.39, 0.29) is 5.91 Å². The van der Waals surface area contributed by atoms with Crippen LogP contribution < -0.4 is 10.6 Å².